The van der Waals surface area contributed by atoms with Gasteiger partial charge >= 0.3 is 0 Å². The smallest absolute Gasteiger partial charge is 0.0958 e. The molecule has 10 heteroatoms. The van der Waals surface area contributed by atoms with Crippen molar-refractivity contribution in [2.24, 2.45) is 0 Å². The van der Waals surface area contributed by atoms with Gasteiger partial charge in [0.15, 0.2) is 0 Å². The summed E-state index contributed by atoms with van der Waals surface area (Å²) >= 11 is 0. The molecule has 0 N–H and O–H groups in total. The molecular weight excluding hydrogens is 284 g/mol. The van der Waals surface area contributed by atoms with Gasteiger partial charge in [-0.3, -0.25) is 0 Å². The molecule has 0 aliphatic heterocycles. The summed E-state index contributed by atoms with van der Waals surface area (Å²) in [6.45, 7) is 1.20. The molecule has 0 heterocycles. The van der Waals surface area contributed by atoms with Gasteiger partial charge in [0.05, 0.1) is 31.7 Å². The van der Waals surface area contributed by atoms with Crippen LogP contribution in [0.25, 0.3) is 0 Å². The molecule has 0 aromatic rings. The zero-order valence-electron chi connectivity index (χ0n) is 10.4. The summed E-state index contributed by atoms with van der Waals surface area (Å²) in [6, 6.07) is 0. The van der Waals surface area contributed by atoms with E-state index >= 15 is 0 Å². The van der Waals surface area contributed by atoms with Gasteiger partial charge in [-0.2, -0.15) is 0 Å². The molecule has 0 unspecified atom stereocenters. The van der Waals surface area contributed by atoms with Gasteiger partial charge in [0.25, 0.3) is 0 Å². The van der Waals surface area contributed by atoms with Gasteiger partial charge in [0.2, 0.25) is 0 Å². The number of rotatable bonds is 9. The van der Waals surface area contributed by atoms with Gasteiger partial charge in [-0.05, 0) is 14.1 Å². The Morgan fingerprint density at radius 2 is 1.00 bits per heavy atom. The molecule has 110 valence electrons. The number of hydrogen-bond acceptors (Lipinski definition) is 8. The lowest BCUT2D eigenvalue weighted by Gasteiger charge is -2.22. The van der Waals surface area contributed by atoms with E-state index in [2.05, 4.69) is 0 Å². The Hall–Kier alpha value is -0.260. The van der Waals surface area contributed by atoms with E-state index in [1.165, 1.54) is 0 Å². The van der Waals surface area contributed by atoms with Crippen molar-refractivity contribution in [2.75, 3.05) is 51.8 Å². The van der Waals surface area contributed by atoms with E-state index in [4.69, 9.17) is 0 Å². The topological polar surface area (TPSA) is 121 Å². The molecule has 0 atom stereocenters. The summed E-state index contributed by atoms with van der Waals surface area (Å²) in [7, 11) is -5.11. The molecule has 18 heavy (non-hydrogen) atoms. The summed E-state index contributed by atoms with van der Waals surface area (Å²) in [4.78, 5) is 3.30. The molecule has 0 aliphatic rings. The maximum absolute atomic E-state index is 10.4. The fourth-order valence-electron chi connectivity index (χ4n) is 1.10. The van der Waals surface area contributed by atoms with Crippen LogP contribution in [0.2, 0.25) is 0 Å². The molecule has 0 bridgehead atoms. The normalized spacial score (nSPS) is 13.4. The van der Waals surface area contributed by atoms with Gasteiger partial charge in [-0.15, -0.1) is 0 Å². The van der Waals surface area contributed by atoms with E-state index in [0.717, 1.165) is 0 Å². The lowest BCUT2D eigenvalue weighted by atomic mass is 10.5. The third kappa shape index (κ3) is 12.2. The Kier molecular flexibility index (Phi) is 7.25. The van der Waals surface area contributed by atoms with Crippen LogP contribution in [-0.4, -0.2) is 87.5 Å². The van der Waals surface area contributed by atoms with Crippen LogP contribution in [0.5, 0.6) is 0 Å². The number of likely N-dealkylation sites (N-methyl/N-ethyl adjacent to an activating group) is 2. The van der Waals surface area contributed by atoms with Crippen molar-refractivity contribution in [3.8, 4) is 0 Å². The highest BCUT2D eigenvalue weighted by Gasteiger charge is 2.05. The molecule has 0 spiro atoms. The van der Waals surface area contributed by atoms with Crippen LogP contribution in [0.3, 0.4) is 0 Å². The molecule has 0 aliphatic carbocycles. The fourth-order valence-corrected chi connectivity index (χ4v) is 2.17. The van der Waals surface area contributed by atoms with Crippen LogP contribution in [0, 0.1) is 0 Å². The lowest BCUT2D eigenvalue weighted by Crippen LogP contribution is -2.35. The predicted molar refractivity (Wildman–Crippen MR) is 64.1 cm³/mol. The Labute approximate surface area is 108 Å². The van der Waals surface area contributed by atoms with Crippen molar-refractivity contribution in [3.05, 3.63) is 0 Å². The highest BCUT2D eigenvalue weighted by Crippen LogP contribution is 1.91. The average Bonchev–Trinajstić information content (AvgIpc) is 2.18. The summed E-state index contributed by atoms with van der Waals surface area (Å²) < 4.78 is 62.4. The van der Waals surface area contributed by atoms with Crippen LogP contribution < -0.4 is 0 Å². The van der Waals surface area contributed by atoms with Crippen molar-refractivity contribution in [2.45, 2.75) is 0 Å². The van der Waals surface area contributed by atoms with Crippen molar-refractivity contribution in [1.82, 2.24) is 9.80 Å². The van der Waals surface area contributed by atoms with Crippen LogP contribution in [0.4, 0.5) is 0 Å². The van der Waals surface area contributed by atoms with Crippen LogP contribution in [0.15, 0.2) is 0 Å². The van der Waals surface area contributed by atoms with Gasteiger partial charge in [-0.25, -0.2) is 16.8 Å². The van der Waals surface area contributed by atoms with E-state index in [-0.39, 0.29) is 13.1 Å². The molecular formula is C8H18N2O6S2-2. The average molecular weight is 302 g/mol. The summed E-state index contributed by atoms with van der Waals surface area (Å²) in [5.74, 6) is -0.912. The van der Waals surface area contributed by atoms with Crippen molar-refractivity contribution >= 4 is 20.2 Å². The standard InChI is InChI=1S/C8H20N2O6S2/c1-9(5-7-17(11,12)13)3-4-10(2)6-8-18(14,15)16/h3-8H2,1-2H3,(H,11,12,13)(H,14,15,16)/p-2. The molecule has 0 saturated heterocycles. The SMILES string of the molecule is CN(CCN(C)CCS(=O)(=O)[O-])CCS(=O)(=O)[O-]. The van der Waals surface area contributed by atoms with Crippen LogP contribution >= 0.6 is 0 Å². The molecule has 0 saturated carbocycles. The summed E-state index contributed by atoms with van der Waals surface area (Å²) in [5, 5.41) is 0. The molecule has 0 amide bonds. The van der Waals surface area contributed by atoms with E-state index in [1.807, 2.05) is 0 Å². The zero-order chi connectivity index (χ0) is 14.4. The second-order valence-electron chi connectivity index (χ2n) is 4.13. The third-order valence-corrected chi connectivity index (χ3v) is 3.67. The highest BCUT2D eigenvalue weighted by atomic mass is 32.2. The zero-order valence-corrected chi connectivity index (χ0v) is 12.0. The minimum Gasteiger partial charge on any atom is -0.748 e. The van der Waals surface area contributed by atoms with E-state index in [1.54, 1.807) is 23.9 Å². The Morgan fingerprint density at radius 3 is 1.22 bits per heavy atom. The molecule has 0 fully saturated rings. The highest BCUT2D eigenvalue weighted by molar-refractivity contribution is 7.85. The molecule has 0 radical (unpaired) electrons. The van der Waals surface area contributed by atoms with Crippen LogP contribution in [0.1, 0.15) is 0 Å². The maximum atomic E-state index is 10.4. The Morgan fingerprint density at radius 1 is 0.722 bits per heavy atom. The second-order valence-corrected chi connectivity index (χ2v) is 7.18. The first-order valence-electron chi connectivity index (χ1n) is 5.24. The van der Waals surface area contributed by atoms with Crippen molar-refractivity contribution < 1.29 is 25.9 Å². The lowest BCUT2D eigenvalue weighted by molar-refractivity contribution is 0.270. The monoisotopic (exact) mass is 302 g/mol. The largest absolute Gasteiger partial charge is 0.748 e. The first kappa shape index (κ1) is 17.7. The van der Waals surface area contributed by atoms with E-state index in [0.29, 0.717) is 13.1 Å². The Balaban J connectivity index is 3.81. The maximum Gasteiger partial charge on any atom is 0.0958 e. The number of hydrogen-bond donors (Lipinski definition) is 0. The van der Waals surface area contributed by atoms with E-state index < -0.39 is 31.7 Å². The molecule has 0 aromatic carbocycles. The second kappa shape index (κ2) is 7.36. The van der Waals surface area contributed by atoms with Gasteiger partial charge in [0.1, 0.15) is 0 Å². The van der Waals surface area contributed by atoms with Crippen molar-refractivity contribution in [3.63, 3.8) is 0 Å². The Bertz CT molecular complexity index is 391. The van der Waals surface area contributed by atoms with Gasteiger partial charge in [0, 0.05) is 26.2 Å². The fraction of sp³-hybridized carbons (Fsp3) is 1.00. The van der Waals surface area contributed by atoms with Crippen molar-refractivity contribution in [1.29, 1.82) is 0 Å². The summed E-state index contributed by atoms with van der Waals surface area (Å²) in [6.07, 6.45) is 0. The minimum absolute atomic E-state index is 0.125. The number of nitrogens with zero attached hydrogens (tertiary/aromatic N) is 2. The molecule has 0 rings (SSSR count). The quantitative estimate of drug-likeness (QED) is 0.446. The van der Waals surface area contributed by atoms with E-state index in [9.17, 15) is 25.9 Å². The van der Waals surface area contributed by atoms with Gasteiger partial charge in [-0.1, -0.05) is 0 Å². The van der Waals surface area contributed by atoms with Crippen LogP contribution in [-0.2, 0) is 20.2 Å². The first-order chi connectivity index (χ1) is 7.99. The minimum atomic E-state index is -4.21. The summed E-state index contributed by atoms with van der Waals surface area (Å²) in [5.41, 5.74) is 0. The van der Waals surface area contributed by atoms with Gasteiger partial charge < -0.3 is 18.9 Å². The third-order valence-electron chi connectivity index (χ3n) is 2.31. The molecule has 8 nitrogen and oxygen atoms in total. The predicted octanol–water partition coefficient (Wildman–Crippen LogP) is -2.06. The molecule has 0 aromatic heterocycles. The first-order valence-corrected chi connectivity index (χ1v) is 8.39.